The largest absolute Gasteiger partial charge is 0.150 e. The highest BCUT2D eigenvalue weighted by Gasteiger charge is 2.36. The first-order chi connectivity index (χ1) is 11.2. The Kier molecular flexibility index (Phi) is 4.74. The first-order valence-corrected chi connectivity index (χ1v) is 14.0. The third kappa shape index (κ3) is 3.06. The van der Waals surface area contributed by atoms with Crippen LogP contribution in [0.5, 0.6) is 0 Å². The fraction of sp³-hybridized carbons (Fsp3) is 0.143. The van der Waals surface area contributed by atoms with E-state index in [-0.39, 0.29) is 0 Å². The van der Waals surface area contributed by atoms with E-state index in [1.54, 1.807) is 11.3 Å². The van der Waals surface area contributed by atoms with Gasteiger partial charge in [-0.2, -0.15) is 11.3 Å². The van der Waals surface area contributed by atoms with Gasteiger partial charge in [0.15, 0.2) is 0 Å². The van der Waals surface area contributed by atoms with Crippen molar-refractivity contribution in [3.8, 4) is 0 Å². The summed E-state index contributed by atoms with van der Waals surface area (Å²) in [5, 5.41) is 4.54. The van der Waals surface area contributed by atoms with E-state index in [4.69, 9.17) is 0 Å². The van der Waals surface area contributed by atoms with Gasteiger partial charge in [-0.05, 0) is 23.7 Å². The maximum Gasteiger partial charge on any atom is 0.0718 e. The molecule has 0 saturated heterocycles. The lowest BCUT2D eigenvalue weighted by atomic mass is 10.6. The Morgan fingerprint density at radius 2 is 0.826 bits per heavy atom. The van der Waals surface area contributed by atoms with Crippen LogP contribution in [0.1, 0.15) is 13.8 Å². The lowest BCUT2D eigenvalue weighted by Crippen LogP contribution is -1.72. The first-order valence-electron chi connectivity index (χ1n) is 6.56. The number of rotatable bonds is 0. The van der Waals surface area contributed by atoms with E-state index in [0.717, 1.165) is 0 Å². The fourth-order valence-corrected chi connectivity index (χ4v) is 15.1. The monoisotopic (exact) mass is 464 g/mol. The Hall–Kier alpha value is 1.46. The van der Waals surface area contributed by atoms with Crippen LogP contribution in [0.25, 0.3) is 0 Å². The molecule has 9 heteroatoms. The van der Waals surface area contributed by atoms with Crippen LogP contribution in [0.3, 0.4) is 0 Å². The second kappa shape index (κ2) is 6.56. The van der Waals surface area contributed by atoms with Gasteiger partial charge in [0.2, 0.25) is 0 Å². The van der Waals surface area contributed by atoms with Crippen molar-refractivity contribution in [2.24, 2.45) is 0 Å². The Morgan fingerprint density at radius 3 is 1.26 bits per heavy atom. The average Bonchev–Trinajstić information content (AvgIpc) is 3.23. The number of allylic oxidation sites excluding steroid dienone is 2. The van der Waals surface area contributed by atoms with Crippen LogP contribution in [0.15, 0.2) is 55.8 Å². The van der Waals surface area contributed by atoms with Crippen molar-refractivity contribution < 1.29 is 0 Å². The third-order valence-electron chi connectivity index (χ3n) is 3.23. The minimum atomic E-state index is 1.44. The molecule has 5 heterocycles. The zero-order valence-corrected chi connectivity index (χ0v) is 19.2. The van der Waals surface area contributed by atoms with Crippen molar-refractivity contribution in [2.45, 2.75) is 23.6 Å². The molecule has 0 radical (unpaired) electrons. The summed E-state index contributed by atoms with van der Waals surface area (Å²) in [5.74, 6) is 0. The smallest absolute Gasteiger partial charge is 0.0718 e. The van der Waals surface area contributed by atoms with Crippen molar-refractivity contribution in [2.75, 3.05) is 0 Å². The van der Waals surface area contributed by atoms with Crippen molar-refractivity contribution in [1.82, 2.24) is 0 Å². The summed E-state index contributed by atoms with van der Waals surface area (Å²) >= 11 is 17.5. The molecule has 118 valence electrons. The zero-order chi connectivity index (χ0) is 15.6. The minimum absolute atomic E-state index is 1.44. The van der Waals surface area contributed by atoms with E-state index in [0.29, 0.717) is 0 Å². The van der Waals surface area contributed by atoms with Gasteiger partial charge >= 0.3 is 0 Å². The van der Waals surface area contributed by atoms with Gasteiger partial charge in [0.1, 0.15) is 0 Å². The molecule has 0 bridgehead atoms. The molecule has 0 nitrogen and oxygen atoms in total. The van der Waals surface area contributed by atoms with E-state index < -0.39 is 0 Å². The molecule has 0 spiro atoms. The van der Waals surface area contributed by atoms with Crippen LogP contribution in [0, 0.1) is 0 Å². The normalized spacial score (nSPS) is 23.7. The van der Waals surface area contributed by atoms with Gasteiger partial charge in [-0.3, -0.25) is 0 Å². The van der Waals surface area contributed by atoms with Gasteiger partial charge in [0.05, 0.1) is 25.4 Å². The van der Waals surface area contributed by atoms with Crippen LogP contribution >= 0.6 is 105 Å². The van der Waals surface area contributed by atoms with Crippen LogP contribution in [-0.2, 0) is 0 Å². The van der Waals surface area contributed by atoms with E-state index in [1.807, 2.05) is 94.1 Å². The summed E-state index contributed by atoms with van der Waals surface area (Å²) in [4.78, 5) is 5.79. The highest BCUT2D eigenvalue weighted by atomic mass is 32.3. The second-order valence-electron chi connectivity index (χ2n) is 4.75. The number of hydrogen-bond donors (Lipinski definition) is 0. The summed E-state index contributed by atoms with van der Waals surface area (Å²) in [6, 6.07) is 0. The lowest BCUT2D eigenvalue weighted by molar-refractivity contribution is 1.36. The summed E-state index contributed by atoms with van der Waals surface area (Å²) in [6.45, 7) is 4.45. The van der Waals surface area contributed by atoms with Gasteiger partial charge in [0.25, 0.3) is 0 Å². The Bertz CT molecular complexity index is 791. The highest BCUT2D eigenvalue weighted by Crippen LogP contribution is 2.72. The molecule has 0 aromatic carbocycles. The summed E-state index contributed by atoms with van der Waals surface area (Å²) < 4.78 is 8.89. The lowest BCUT2D eigenvalue weighted by Gasteiger charge is -2.06. The van der Waals surface area contributed by atoms with Crippen LogP contribution in [-0.4, -0.2) is 0 Å². The predicted molar refractivity (Wildman–Crippen MR) is 121 cm³/mol. The Balaban J connectivity index is 1.32. The molecule has 0 atom stereocenters. The molecule has 5 rings (SSSR count). The molecular weight excluding hydrogens is 457 g/mol. The molecule has 1 aromatic heterocycles. The molecule has 4 aliphatic rings. The topological polar surface area (TPSA) is 0 Å². The average molecular weight is 465 g/mol. The van der Waals surface area contributed by atoms with Crippen LogP contribution in [0.4, 0.5) is 0 Å². The predicted octanol–water partition coefficient (Wildman–Crippen LogP) is 9.02. The summed E-state index contributed by atoms with van der Waals surface area (Å²) in [7, 11) is 0. The van der Waals surface area contributed by atoms with E-state index in [1.165, 1.54) is 45.0 Å². The number of fused-ring (bicyclic) bond motifs is 1. The molecule has 0 unspecified atom stereocenters. The highest BCUT2D eigenvalue weighted by molar-refractivity contribution is 8.49. The Labute approximate surface area is 173 Å². The maximum atomic E-state index is 2.27. The van der Waals surface area contributed by atoms with Crippen molar-refractivity contribution >= 4 is 105 Å². The molecule has 1 aromatic rings. The number of thiophene rings is 1. The summed E-state index contributed by atoms with van der Waals surface area (Å²) in [6.07, 6.45) is 0. The van der Waals surface area contributed by atoms with E-state index >= 15 is 0 Å². The molecule has 4 aliphatic heterocycles. The standard InChI is InChI=1S/C14H8S9/c1-5-6(2)17-9(16-5)11-20-13-14(21-11)23-12(22-13)10-18-7-3-15-4-8(7)19-10/h3-4H,1-2H3. The zero-order valence-electron chi connectivity index (χ0n) is 11.8. The SMILES string of the molecule is CC1=C(C)SC(=C2SC3=C(S2)SC(=C2Sc4cscc4S2)S3)S1. The number of thioether (sulfide) groups is 8. The van der Waals surface area contributed by atoms with Crippen molar-refractivity contribution in [1.29, 1.82) is 0 Å². The summed E-state index contributed by atoms with van der Waals surface area (Å²) in [5.41, 5.74) is 0. The van der Waals surface area contributed by atoms with Gasteiger partial charge in [-0.25, -0.2) is 0 Å². The van der Waals surface area contributed by atoms with Gasteiger partial charge in [0, 0.05) is 20.6 Å². The van der Waals surface area contributed by atoms with Crippen molar-refractivity contribution in [3.63, 3.8) is 0 Å². The molecule has 0 N–H and O–H groups in total. The van der Waals surface area contributed by atoms with Crippen molar-refractivity contribution in [3.05, 3.63) is 46.0 Å². The quantitative estimate of drug-likeness (QED) is 0.368. The van der Waals surface area contributed by atoms with E-state index in [2.05, 4.69) is 24.6 Å². The molecule has 0 fully saturated rings. The molecule has 0 saturated carbocycles. The van der Waals surface area contributed by atoms with E-state index in [9.17, 15) is 0 Å². The number of hydrogen-bond acceptors (Lipinski definition) is 9. The molecular formula is C14H8S9. The second-order valence-corrected chi connectivity index (χ2v) is 15.7. The van der Waals surface area contributed by atoms with Gasteiger partial charge < -0.3 is 0 Å². The maximum absolute atomic E-state index is 2.27. The minimum Gasteiger partial charge on any atom is -0.150 e. The van der Waals surface area contributed by atoms with Crippen LogP contribution in [0.2, 0.25) is 0 Å². The fourth-order valence-electron chi connectivity index (χ4n) is 2.01. The molecule has 0 aliphatic carbocycles. The van der Waals surface area contributed by atoms with Gasteiger partial charge in [-0.1, -0.05) is 94.1 Å². The third-order valence-corrected chi connectivity index (χ3v) is 16.1. The van der Waals surface area contributed by atoms with Gasteiger partial charge in [-0.15, -0.1) is 0 Å². The molecule has 23 heavy (non-hydrogen) atoms. The Morgan fingerprint density at radius 1 is 0.478 bits per heavy atom. The van der Waals surface area contributed by atoms with Crippen LogP contribution < -0.4 is 0 Å². The molecule has 0 amide bonds. The first kappa shape index (κ1) is 16.6.